The van der Waals surface area contributed by atoms with E-state index in [0.29, 0.717) is 13.0 Å². The summed E-state index contributed by atoms with van der Waals surface area (Å²) in [4.78, 5) is 27.2. The molecule has 0 unspecified atom stereocenters. The van der Waals surface area contributed by atoms with Crippen molar-refractivity contribution in [1.82, 2.24) is 15.1 Å². The number of nitrogens with one attached hydrogen (secondary N) is 1. The highest BCUT2D eigenvalue weighted by atomic mass is 19.4. The van der Waals surface area contributed by atoms with E-state index < -0.39 is 47.6 Å². The molecule has 200 valence electrons. The van der Waals surface area contributed by atoms with Crippen LogP contribution in [0.3, 0.4) is 0 Å². The Labute approximate surface area is 205 Å². The Hall–Kier alpha value is -2.47. The summed E-state index contributed by atoms with van der Waals surface area (Å²) in [7, 11) is 0. The lowest BCUT2D eigenvalue weighted by Gasteiger charge is -2.42. The average Bonchev–Trinajstić information content (AvgIpc) is 3.34. The fourth-order valence-corrected chi connectivity index (χ4v) is 5.47. The zero-order valence-electron chi connectivity index (χ0n) is 20.3. The molecular formula is C24H30F5N3O4. The number of benzene rings is 1. The second-order valence-corrected chi connectivity index (χ2v) is 10.6. The van der Waals surface area contributed by atoms with Gasteiger partial charge in [-0.2, -0.15) is 13.2 Å². The first kappa shape index (κ1) is 26.6. The lowest BCUT2D eigenvalue weighted by Crippen LogP contribution is -2.54. The Bertz CT molecular complexity index is 999. The number of hydrogen-bond donors (Lipinski definition) is 1. The highest BCUT2D eigenvalue weighted by Crippen LogP contribution is 2.39. The first-order valence-corrected chi connectivity index (χ1v) is 11.9. The van der Waals surface area contributed by atoms with Crippen molar-refractivity contribution in [2.75, 3.05) is 26.2 Å². The zero-order valence-corrected chi connectivity index (χ0v) is 20.3. The number of fused-ring (bicyclic) bond motifs is 1. The molecule has 3 saturated heterocycles. The number of hydrogen-bond acceptors (Lipinski definition) is 5. The Kier molecular flexibility index (Phi) is 7.22. The Morgan fingerprint density at radius 2 is 1.86 bits per heavy atom. The fraction of sp³-hybridized carbons (Fsp3) is 0.667. The molecule has 1 aromatic carbocycles. The molecule has 0 saturated carbocycles. The van der Waals surface area contributed by atoms with Crippen LogP contribution < -0.4 is 5.32 Å². The quantitative estimate of drug-likeness (QED) is 0.616. The molecule has 4 rings (SSSR count). The van der Waals surface area contributed by atoms with Gasteiger partial charge < -0.3 is 19.7 Å². The third-order valence-electron chi connectivity index (χ3n) is 6.92. The van der Waals surface area contributed by atoms with E-state index in [1.165, 1.54) is 0 Å². The first-order chi connectivity index (χ1) is 16.7. The van der Waals surface area contributed by atoms with Crippen molar-refractivity contribution in [2.24, 2.45) is 5.92 Å². The molecular weight excluding hydrogens is 489 g/mol. The van der Waals surface area contributed by atoms with Gasteiger partial charge in [-0.25, -0.2) is 13.6 Å². The fourth-order valence-electron chi connectivity index (χ4n) is 5.47. The molecule has 0 spiro atoms. The van der Waals surface area contributed by atoms with Crippen LogP contribution in [0.25, 0.3) is 0 Å². The third-order valence-corrected chi connectivity index (χ3v) is 6.92. The Morgan fingerprint density at radius 3 is 2.53 bits per heavy atom. The van der Waals surface area contributed by atoms with Gasteiger partial charge in [0, 0.05) is 30.7 Å². The summed E-state index contributed by atoms with van der Waals surface area (Å²) in [5, 5.41) is 2.72. The van der Waals surface area contributed by atoms with E-state index in [9.17, 15) is 31.5 Å². The van der Waals surface area contributed by atoms with Crippen molar-refractivity contribution in [3.05, 3.63) is 35.4 Å². The molecule has 2 amide bonds. The van der Waals surface area contributed by atoms with Gasteiger partial charge in [-0.1, -0.05) is 0 Å². The predicted octanol–water partition coefficient (Wildman–Crippen LogP) is 3.78. The topological polar surface area (TPSA) is 71.1 Å². The summed E-state index contributed by atoms with van der Waals surface area (Å²) in [6.45, 7) is 5.74. The lowest BCUT2D eigenvalue weighted by atomic mass is 9.92. The van der Waals surface area contributed by atoms with Crippen molar-refractivity contribution in [2.45, 2.75) is 69.6 Å². The highest BCUT2D eigenvalue weighted by molar-refractivity contribution is 5.82. The maximum atomic E-state index is 14.6. The van der Waals surface area contributed by atoms with E-state index >= 15 is 0 Å². The molecule has 3 aliphatic rings. The van der Waals surface area contributed by atoms with Crippen LogP contribution in [-0.4, -0.2) is 77.9 Å². The molecule has 3 aliphatic heterocycles. The van der Waals surface area contributed by atoms with Crippen molar-refractivity contribution in [3.63, 3.8) is 0 Å². The van der Waals surface area contributed by atoms with Crippen LogP contribution in [0.2, 0.25) is 0 Å². The van der Waals surface area contributed by atoms with Crippen LogP contribution in [0, 0.1) is 17.6 Å². The van der Waals surface area contributed by atoms with E-state index in [2.05, 4.69) is 5.32 Å². The SMILES string of the molecule is CC(C)(C)OC(=O)N[C@H]1C[C@@H](N2CC[C@H]3CN(C(=O)C(F)(F)F)C[C@H]32)CO[C@@H]1c1cc(F)ccc1F. The maximum Gasteiger partial charge on any atom is 0.471 e. The molecule has 0 radical (unpaired) electrons. The molecule has 0 aliphatic carbocycles. The Morgan fingerprint density at radius 1 is 1.14 bits per heavy atom. The van der Waals surface area contributed by atoms with Crippen LogP contribution in [0.5, 0.6) is 0 Å². The molecule has 0 bridgehead atoms. The molecule has 3 heterocycles. The molecule has 3 fully saturated rings. The van der Waals surface area contributed by atoms with Crippen LogP contribution in [0.4, 0.5) is 26.7 Å². The summed E-state index contributed by atoms with van der Waals surface area (Å²) in [5.41, 5.74) is -0.837. The smallest absolute Gasteiger partial charge is 0.444 e. The maximum absolute atomic E-state index is 14.6. The minimum atomic E-state index is -4.93. The van der Waals surface area contributed by atoms with Gasteiger partial charge in [-0.15, -0.1) is 0 Å². The van der Waals surface area contributed by atoms with E-state index in [4.69, 9.17) is 9.47 Å². The molecule has 7 nitrogen and oxygen atoms in total. The van der Waals surface area contributed by atoms with Gasteiger partial charge in [0.05, 0.1) is 12.6 Å². The second-order valence-electron chi connectivity index (χ2n) is 10.6. The summed E-state index contributed by atoms with van der Waals surface area (Å²) < 4.78 is 78.7. The molecule has 12 heteroatoms. The van der Waals surface area contributed by atoms with Crippen LogP contribution in [0.15, 0.2) is 18.2 Å². The van der Waals surface area contributed by atoms with E-state index in [1.807, 2.05) is 4.90 Å². The highest BCUT2D eigenvalue weighted by Gasteiger charge is 2.51. The molecule has 0 aromatic heterocycles. The van der Waals surface area contributed by atoms with Crippen molar-refractivity contribution in [1.29, 1.82) is 0 Å². The second kappa shape index (κ2) is 9.77. The Balaban J connectivity index is 1.52. The number of alkyl halides is 3. The lowest BCUT2D eigenvalue weighted by molar-refractivity contribution is -0.184. The zero-order chi connectivity index (χ0) is 26.4. The van der Waals surface area contributed by atoms with Gasteiger partial charge in [0.2, 0.25) is 0 Å². The number of halogens is 5. The summed E-state index contributed by atoms with van der Waals surface area (Å²) in [6, 6.07) is 1.61. The van der Waals surface area contributed by atoms with E-state index in [-0.39, 0.29) is 49.7 Å². The van der Waals surface area contributed by atoms with Crippen LogP contribution >= 0.6 is 0 Å². The molecule has 5 atom stereocenters. The minimum absolute atomic E-state index is 0.0316. The molecule has 36 heavy (non-hydrogen) atoms. The summed E-state index contributed by atoms with van der Waals surface area (Å²) in [6.07, 6.45) is -5.77. The standard InChI is InChI=1S/C24H30F5N3O4/c1-23(2,3)36-22(34)30-18-9-15(12-35-20(18)16-8-14(25)4-5-17(16)26)32-7-6-13-10-31(11-19(13)32)21(33)24(27,28)29/h4-5,8,13,15,18-20H,6-7,9-12H2,1-3H3,(H,30,34)/t13-,15+,18-,19+,20+/m0/s1. The number of nitrogens with zero attached hydrogens (tertiary/aromatic N) is 2. The van der Waals surface area contributed by atoms with Gasteiger partial charge in [0.15, 0.2) is 0 Å². The van der Waals surface area contributed by atoms with Crippen LogP contribution in [0.1, 0.15) is 45.3 Å². The van der Waals surface area contributed by atoms with Crippen LogP contribution in [-0.2, 0) is 14.3 Å². The van der Waals surface area contributed by atoms with E-state index in [1.54, 1.807) is 20.8 Å². The van der Waals surface area contributed by atoms with Crippen molar-refractivity contribution in [3.8, 4) is 0 Å². The van der Waals surface area contributed by atoms with Gasteiger partial charge in [-0.3, -0.25) is 9.69 Å². The first-order valence-electron chi connectivity index (χ1n) is 11.9. The number of likely N-dealkylation sites (tertiary alicyclic amines) is 2. The number of rotatable bonds is 3. The number of ether oxygens (including phenoxy) is 2. The summed E-state index contributed by atoms with van der Waals surface area (Å²) in [5.74, 6) is -3.29. The largest absolute Gasteiger partial charge is 0.471 e. The average molecular weight is 520 g/mol. The van der Waals surface area contributed by atoms with Gasteiger partial charge >= 0.3 is 18.2 Å². The minimum Gasteiger partial charge on any atom is -0.444 e. The van der Waals surface area contributed by atoms with Crippen molar-refractivity contribution < 1.29 is 41.0 Å². The number of carbonyl (C=O) groups is 2. The third kappa shape index (κ3) is 5.74. The van der Waals surface area contributed by atoms with Gasteiger partial charge in [-0.05, 0) is 64.3 Å². The molecule has 1 N–H and O–H groups in total. The number of carbonyl (C=O) groups excluding carboxylic acids is 2. The van der Waals surface area contributed by atoms with Crippen molar-refractivity contribution >= 4 is 12.0 Å². The van der Waals surface area contributed by atoms with Gasteiger partial charge in [0.1, 0.15) is 23.3 Å². The number of alkyl carbamates (subject to hydrolysis) is 1. The molecule has 1 aromatic rings. The summed E-state index contributed by atoms with van der Waals surface area (Å²) >= 11 is 0. The van der Waals surface area contributed by atoms with Gasteiger partial charge in [0.25, 0.3) is 0 Å². The number of amides is 2. The normalized spacial score (nSPS) is 29.2. The van der Waals surface area contributed by atoms with E-state index in [0.717, 1.165) is 23.1 Å². The monoisotopic (exact) mass is 519 g/mol. The predicted molar refractivity (Wildman–Crippen MR) is 118 cm³/mol.